The van der Waals surface area contributed by atoms with Crippen LogP contribution in [-0.2, 0) is 11.3 Å². The Labute approximate surface area is 212 Å². The first-order valence-electron chi connectivity index (χ1n) is 12.9. The fourth-order valence-electron chi connectivity index (χ4n) is 5.03. The van der Waals surface area contributed by atoms with Crippen molar-refractivity contribution in [3.8, 4) is 11.3 Å². The summed E-state index contributed by atoms with van der Waals surface area (Å²) >= 11 is 0. The van der Waals surface area contributed by atoms with Crippen LogP contribution in [0, 0.1) is 0 Å². The van der Waals surface area contributed by atoms with Crippen LogP contribution in [0.3, 0.4) is 0 Å². The van der Waals surface area contributed by atoms with Crippen molar-refractivity contribution in [3.63, 3.8) is 0 Å². The Morgan fingerprint density at radius 1 is 1.03 bits per heavy atom. The summed E-state index contributed by atoms with van der Waals surface area (Å²) < 4.78 is 6.24. The zero-order valence-corrected chi connectivity index (χ0v) is 20.7. The lowest BCUT2D eigenvalue weighted by Crippen LogP contribution is -2.30. The number of carbonyl (C=O) groups is 1. The first-order chi connectivity index (χ1) is 17.7. The van der Waals surface area contributed by atoms with E-state index in [0.29, 0.717) is 24.8 Å². The quantitative estimate of drug-likeness (QED) is 0.307. The number of hydrogen-bond donors (Lipinski definition) is 2. The van der Waals surface area contributed by atoms with Crippen molar-refractivity contribution in [2.75, 3.05) is 13.2 Å². The van der Waals surface area contributed by atoms with Crippen LogP contribution in [0.5, 0.6) is 0 Å². The van der Waals surface area contributed by atoms with Gasteiger partial charge in [0.15, 0.2) is 0 Å². The molecule has 1 amide bonds. The number of benzene rings is 3. The SMILES string of the molecule is CC[C@H](NC(=O)c1c(COC[C@@H]2CCCN2)c(-c2ccccc2)nc2ccccc12)c1ccccc1. The number of nitrogens with one attached hydrogen (secondary N) is 2. The van der Waals surface area contributed by atoms with Crippen molar-refractivity contribution in [1.82, 2.24) is 15.6 Å². The third-order valence-electron chi connectivity index (χ3n) is 6.91. The van der Waals surface area contributed by atoms with Gasteiger partial charge in [0.05, 0.1) is 36.0 Å². The van der Waals surface area contributed by atoms with Crippen LogP contribution >= 0.6 is 0 Å². The molecular weight excluding hydrogens is 446 g/mol. The fraction of sp³-hybridized carbons (Fsp3) is 0.290. The highest BCUT2D eigenvalue weighted by atomic mass is 16.5. The van der Waals surface area contributed by atoms with E-state index in [1.807, 2.05) is 72.8 Å². The predicted octanol–water partition coefficient (Wildman–Crippen LogP) is 6.05. The number of amides is 1. The summed E-state index contributed by atoms with van der Waals surface area (Å²) in [5, 5.41) is 7.64. The van der Waals surface area contributed by atoms with Crippen LogP contribution in [0.1, 0.15) is 53.7 Å². The Morgan fingerprint density at radius 2 is 1.75 bits per heavy atom. The topological polar surface area (TPSA) is 63.2 Å². The highest BCUT2D eigenvalue weighted by molar-refractivity contribution is 6.09. The number of fused-ring (bicyclic) bond motifs is 1. The summed E-state index contributed by atoms with van der Waals surface area (Å²) in [7, 11) is 0. The zero-order chi connectivity index (χ0) is 24.7. The van der Waals surface area contributed by atoms with Crippen molar-refractivity contribution in [3.05, 3.63) is 102 Å². The second-order valence-corrected chi connectivity index (χ2v) is 9.35. The summed E-state index contributed by atoms with van der Waals surface area (Å²) in [5.74, 6) is -0.0981. The number of carbonyl (C=O) groups excluding carboxylic acids is 1. The van der Waals surface area contributed by atoms with Crippen molar-refractivity contribution >= 4 is 16.8 Å². The molecule has 36 heavy (non-hydrogen) atoms. The summed E-state index contributed by atoms with van der Waals surface area (Å²) in [6.45, 7) is 4.07. The molecule has 0 radical (unpaired) electrons. The third-order valence-corrected chi connectivity index (χ3v) is 6.91. The van der Waals surface area contributed by atoms with Crippen molar-refractivity contribution < 1.29 is 9.53 Å². The minimum Gasteiger partial charge on any atom is -0.375 e. The molecule has 0 spiro atoms. The third kappa shape index (κ3) is 5.32. The second-order valence-electron chi connectivity index (χ2n) is 9.35. The largest absolute Gasteiger partial charge is 0.375 e. The number of para-hydroxylation sites is 1. The lowest BCUT2D eigenvalue weighted by atomic mass is 9.95. The molecule has 2 heterocycles. The maximum absolute atomic E-state index is 14.0. The Hall–Kier alpha value is -3.54. The zero-order valence-electron chi connectivity index (χ0n) is 20.7. The Balaban J connectivity index is 1.57. The second kappa shape index (κ2) is 11.5. The number of aromatic nitrogens is 1. The van der Waals surface area contributed by atoms with Gasteiger partial charge in [0.2, 0.25) is 0 Å². The molecule has 1 aliphatic rings. The molecule has 4 aromatic rings. The predicted molar refractivity (Wildman–Crippen MR) is 145 cm³/mol. The van der Waals surface area contributed by atoms with Gasteiger partial charge in [0.1, 0.15) is 0 Å². The molecule has 0 bridgehead atoms. The lowest BCUT2D eigenvalue weighted by molar-refractivity contribution is 0.0910. The van der Waals surface area contributed by atoms with Gasteiger partial charge in [-0.25, -0.2) is 4.98 Å². The normalized spacial score (nSPS) is 16.2. The fourth-order valence-corrected chi connectivity index (χ4v) is 5.03. The van der Waals surface area contributed by atoms with E-state index in [0.717, 1.165) is 52.7 Å². The molecule has 184 valence electrons. The van der Waals surface area contributed by atoms with Gasteiger partial charge in [-0.3, -0.25) is 4.79 Å². The molecule has 1 saturated heterocycles. The Kier molecular flexibility index (Phi) is 7.70. The van der Waals surface area contributed by atoms with Crippen molar-refractivity contribution in [1.29, 1.82) is 0 Å². The van der Waals surface area contributed by atoms with E-state index in [4.69, 9.17) is 9.72 Å². The first-order valence-corrected chi connectivity index (χ1v) is 12.9. The molecule has 0 aliphatic carbocycles. The molecule has 0 saturated carbocycles. The number of nitrogens with zero attached hydrogens (tertiary/aromatic N) is 1. The number of ether oxygens (including phenoxy) is 1. The van der Waals surface area contributed by atoms with E-state index in [2.05, 4.69) is 29.7 Å². The maximum atomic E-state index is 14.0. The Bertz CT molecular complexity index is 1300. The summed E-state index contributed by atoms with van der Waals surface area (Å²) in [4.78, 5) is 19.0. The van der Waals surface area contributed by atoms with E-state index < -0.39 is 0 Å². The van der Waals surface area contributed by atoms with Gasteiger partial charge < -0.3 is 15.4 Å². The molecule has 2 atom stereocenters. The summed E-state index contributed by atoms with van der Waals surface area (Å²) in [6.07, 6.45) is 3.08. The summed E-state index contributed by atoms with van der Waals surface area (Å²) in [5.41, 5.74) is 5.15. The molecule has 5 nitrogen and oxygen atoms in total. The average Bonchev–Trinajstić information content (AvgIpc) is 3.45. The van der Waals surface area contributed by atoms with E-state index in [1.54, 1.807) is 0 Å². The molecule has 0 unspecified atom stereocenters. The van der Waals surface area contributed by atoms with Gasteiger partial charge in [-0.15, -0.1) is 0 Å². The molecule has 1 aliphatic heterocycles. The first kappa shape index (κ1) is 24.2. The van der Waals surface area contributed by atoms with Crippen LogP contribution in [0.4, 0.5) is 0 Å². The number of rotatable bonds is 9. The van der Waals surface area contributed by atoms with Crippen LogP contribution < -0.4 is 10.6 Å². The van der Waals surface area contributed by atoms with E-state index >= 15 is 0 Å². The minimum atomic E-state index is -0.0981. The molecule has 5 heteroatoms. The van der Waals surface area contributed by atoms with Crippen LogP contribution in [0.15, 0.2) is 84.9 Å². The smallest absolute Gasteiger partial charge is 0.252 e. The van der Waals surface area contributed by atoms with Crippen molar-refractivity contribution in [2.24, 2.45) is 0 Å². The number of hydrogen-bond acceptors (Lipinski definition) is 4. The molecule has 5 rings (SSSR count). The van der Waals surface area contributed by atoms with Gasteiger partial charge in [-0.05, 0) is 37.4 Å². The van der Waals surface area contributed by atoms with Crippen molar-refractivity contribution in [2.45, 2.75) is 44.9 Å². The standard InChI is InChI=1S/C31H33N3O2/c1-2-27(22-12-5-3-6-13-22)34-31(35)29-25-17-9-10-18-28(25)33-30(23-14-7-4-8-15-23)26(29)21-36-20-24-16-11-19-32-24/h3-10,12-15,17-18,24,27,32H,2,11,16,19-21H2,1H3,(H,34,35)/t24-,27-/m0/s1. The van der Waals surface area contributed by atoms with Gasteiger partial charge in [-0.2, -0.15) is 0 Å². The van der Waals surface area contributed by atoms with Gasteiger partial charge in [-0.1, -0.05) is 85.8 Å². The average molecular weight is 480 g/mol. The molecule has 3 aromatic carbocycles. The molecule has 1 aromatic heterocycles. The Morgan fingerprint density at radius 3 is 2.47 bits per heavy atom. The van der Waals surface area contributed by atoms with E-state index in [-0.39, 0.29) is 11.9 Å². The van der Waals surface area contributed by atoms with E-state index in [9.17, 15) is 4.79 Å². The molecule has 2 N–H and O–H groups in total. The maximum Gasteiger partial charge on any atom is 0.252 e. The molecule has 1 fully saturated rings. The van der Waals surface area contributed by atoms with Gasteiger partial charge in [0.25, 0.3) is 5.91 Å². The number of pyridine rings is 1. The summed E-state index contributed by atoms with van der Waals surface area (Å²) in [6, 6.07) is 28.4. The van der Waals surface area contributed by atoms with Gasteiger partial charge >= 0.3 is 0 Å². The molecular formula is C31H33N3O2. The lowest BCUT2D eigenvalue weighted by Gasteiger charge is -2.22. The minimum absolute atomic E-state index is 0.0812. The van der Waals surface area contributed by atoms with Gasteiger partial charge in [0, 0.05) is 22.6 Å². The monoisotopic (exact) mass is 479 g/mol. The van der Waals surface area contributed by atoms with E-state index in [1.165, 1.54) is 6.42 Å². The van der Waals surface area contributed by atoms with Crippen LogP contribution in [-0.4, -0.2) is 30.1 Å². The van der Waals surface area contributed by atoms with Crippen LogP contribution in [0.2, 0.25) is 0 Å². The highest BCUT2D eigenvalue weighted by Crippen LogP contribution is 2.32. The van der Waals surface area contributed by atoms with Crippen LogP contribution in [0.25, 0.3) is 22.2 Å². The highest BCUT2D eigenvalue weighted by Gasteiger charge is 2.24.